The maximum atomic E-state index is 11.6. The summed E-state index contributed by atoms with van der Waals surface area (Å²) in [6, 6.07) is 0. The summed E-state index contributed by atoms with van der Waals surface area (Å²) in [5.41, 5.74) is 0. The Bertz CT molecular complexity index is 330. The van der Waals surface area contributed by atoms with Gasteiger partial charge in [0.25, 0.3) is 5.91 Å². The van der Waals surface area contributed by atoms with E-state index in [0.717, 1.165) is 0 Å². The molecule has 1 unspecified atom stereocenters. The van der Waals surface area contributed by atoms with Crippen LogP contribution >= 0.6 is 0 Å². The van der Waals surface area contributed by atoms with Crippen molar-refractivity contribution in [3.63, 3.8) is 0 Å². The molecular formula is C10H17N3O4. The smallest absolute Gasteiger partial charge is 0.320 e. The van der Waals surface area contributed by atoms with Crippen LogP contribution in [0.2, 0.25) is 0 Å². The lowest BCUT2D eigenvalue weighted by Gasteiger charge is -2.27. The van der Waals surface area contributed by atoms with Gasteiger partial charge in [-0.2, -0.15) is 4.99 Å². The molecule has 0 aromatic heterocycles. The van der Waals surface area contributed by atoms with E-state index in [1.165, 1.54) is 5.01 Å². The SMILES string of the molecule is CCOC(=O)C1CN(N)C(CCOC)=NC1=O. The van der Waals surface area contributed by atoms with E-state index < -0.39 is 17.8 Å². The van der Waals surface area contributed by atoms with Crippen LogP contribution in [-0.4, -0.2) is 49.6 Å². The van der Waals surface area contributed by atoms with Crippen molar-refractivity contribution in [2.75, 3.05) is 26.9 Å². The topological polar surface area (TPSA) is 94.2 Å². The van der Waals surface area contributed by atoms with Gasteiger partial charge in [-0.25, -0.2) is 5.84 Å². The lowest BCUT2D eigenvalue weighted by Crippen LogP contribution is -2.49. The molecule has 0 saturated carbocycles. The van der Waals surface area contributed by atoms with Crippen LogP contribution in [0.15, 0.2) is 4.99 Å². The van der Waals surface area contributed by atoms with Gasteiger partial charge in [0, 0.05) is 13.5 Å². The quantitative estimate of drug-likeness (QED) is 0.390. The van der Waals surface area contributed by atoms with Crippen LogP contribution in [0, 0.1) is 5.92 Å². The molecule has 1 aliphatic heterocycles. The molecule has 1 aliphatic rings. The van der Waals surface area contributed by atoms with Crippen LogP contribution in [-0.2, 0) is 19.1 Å². The predicted octanol–water partition coefficient (Wildman–Crippen LogP) is -0.683. The minimum absolute atomic E-state index is 0.0974. The lowest BCUT2D eigenvalue weighted by atomic mass is 10.1. The molecule has 0 fully saturated rings. The van der Waals surface area contributed by atoms with E-state index in [2.05, 4.69) is 4.99 Å². The Morgan fingerprint density at radius 1 is 1.65 bits per heavy atom. The Labute approximate surface area is 99.5 Å². The van der Waals surface area contributed by atoms with Crippen LogP contribution in [0.3, 0.4) is 0 Å². The van der Waals surface area contributed by atoms with E-state index >= 15 is 0 Å². The maximum absolute atomic E-state index is 11.6. The molecule has 1 heterocycles. The lowest BCUT2D eigenvalue weighted by molar-refractivity contribution is -0.152. The average Bonchev–Trinajstić information content (AvgIpc) is 2.30. The molecule has 0 radical (unpaired) electrons. The molecule has 1 rings (SSSR count). The van der Waals surface area contributed by atoms with Crippen molar-refractivity contribution in [1.29, 1.82) is 0 Å². The summed E-state index contributed by atoms with van der Waals surface area (Å²) in [7, 11) is 1.55. The van der Waals surface area contributed by atoms with Crippen molar-refractivity contribution in [2.24, 2.45) is 16.8 Å². The fourth-order valence-corrected chi connectivity index (χ4v) is 1.46. The summed E-state index contributed by atoms with van der Waals surface area (Å²) in [5.74, 6) is 4.11. The van der Waals surface area contributed by atoms with Crippen molar-refractivity contribution in [3.8, 4) is 0 Å². The van der Waals surface area contributed by atoms with Gasteiger partial charge in [-0.1, -0.05) is 0 Å². The third-order valence-electron chi connectivity index (χ3n) is 2.35. The molecule has 0 aliphatic carbocycles. The number of ether oxygens (including phenoxy) is 2. The standard InChI is InChI=1S/C10H17N3O4/c1-3-17-10(15)7-6-13(11)8(4-5-16-2)12-9(7)14/h7H,3-6,11H2,1-2H3. The molecule has 17 heavy (non-hydrogen) atoms. The molecule has 96 valence electrons. The Morgan fingerprint density at radius 3 is 2.94 bits per heavy atom. The van der Waals surface area contributed by atoms with Gasteiger partial charge < -0.3 is 9.47 Å². The Kier molecular flexibility index (Phi) is 5.05. The van der Waals surface area contributed by atoms with Crippen LogP contribution in [0.1, 0.15) is 13.3 Å². The second-order valence-corrected chi connectivity index (χ2v) is 3.57. The number of nitrogens with two attached hydrogens (primary N) is 1. The van der Waals surface area contributed by atoms with Gasteiger partial charge in [0.2, 0.25) is 0 Å². The molecule has 0 saturated heterocycles. The number of aliphatic imine (C=N–C) groups is 1. The number of nitrogens with zero attached hydrogens (tertiary/aromatic N) is 2. The average molecular weight is 243 g/mol. The zero-order valence-electron chi connectivity index (χ0n) is 10.0. The van der Waals surface area contributed by atoms with E-state index in [0.29, 0.717) is 18.9 Å². The molecule has 1 atom stereocenters. The molecule has 0 aromatic carbocycles. The Balaban J connectivity index is 2.69. The number of hydrazine groups is 1. The number of amides is 1. The molecule has 2 N–H and O–H groups in total. The van der Waals surface area contributed by atoms with Crippen molar-refractivity contribution in [1.82, 2.24) is 5.01 Å². The summed E-state index contributed by atoms with van der Waals surface area (Å²) < 4.78 is 9.66. The van der Waals surface area contributed by atoms with Crippen molar-refractivity contribution >= 4 is 17.7 Å². The first-order chi connectivity index (χ1) is 8.10. The third-order valence-corrected chi connectivity index (χ3v) is 2.35. The van der Waals surface area contributed by atoms with E-state index in [4.69, 9.17) is 15.3 Å². The highest BCUT2D eigenvalue weighted by molar-refractivity contribution is 6.06. The maximum Gasteiger partial charge on any atom is 0.320 e. The minimum Gasteiger partial charge on any atom is -0.465 e. The molecule has 7 nitrogen and oxygen atoms in total. The van der Waals surface area contributed by atoms with E-state index in [1.807, 2.05) is 0 Å². The van der Waals surface area contributed by atoms with Crippen molar-refractivity contribution < 1.29 is 19.1 Å². The number of hydrogen-bond donors (Lipinski definition) is 1. The zero-order chi connectivity index (χ0) is 12.8. The van der Waals surface area contributed by atoms with Gasteiger partial charge in [-0.3, -0.25) is 14.6 Å². The molecule has 7 heteroatoms. The van der Waals surface area contributed by atoms with Crippen molar-refractivity contribution in [2.45, 2.75) is 13.3 Å². The Hall–Kier alpha value is -1.47. The van der Waals surface area contributed by atoms with Gasteiger partial charge in [0.05, 0.1) is 19.8 Å². The number of hydrogen-bond acceptors (Lipinski definition) is 6. The van der Waals surface area contributed by atoms with Crippen LogP contribution in [0.4, 0.5) is 0 Å². The second-order valence-electron chi connectivity index (χ2n) is 3.57. The van der Waals surface area contributed by atoms with Gasteiger partial charge in [-0.15, -0.1) is 0 Å². The third kappa shape index (κ3) is 3.50. The number of esters is 1. The van der Waals surface area contributed by atoms with Gasteiger partial charge in [0.15, 0.2) is 5.92 Å². The first-order valence-corrected chi connectivity index (χ1v) is 5.39. The normalized spacial score (nSPS) is 20.2. The first-order valence-electron chi connectivity index (χ1n) is 5.39. The number of rotatable bonds is 5. The highest BCUT2D eigenvalue weighted by Gasteiger charge is 2.34. The van der Waals surface area contributed by atoms with E-state index in [9.17, 15) is 9.59 Å². The van der Waals surface area contributed by atoms with Gasteiger partial charge >= 0.3 is 5.97 Å². The van der Waals surface area contributed by atoms with Gasteiger partial charge in [0.1, 0.15) is 5.84 Å². The monoisotopic (exact) mass is 243 g/mol. The van der Waals surface area contributed by atoms with E-state index in [1.54, 1.807) is 14.0 Å². The summed E-state index contributed by atoms with van der Waals surface area (Å²) in [6.07, 6.45) is 0.439. The molecule has 0 aromatic rings. The summed E-state index contributed by atoms with van der Waals surface area (Å²) in [4.78, 5) is 26.9. The predicted molar refractivity (Wildman–Crippen MR) is 60.0 cm³/mol. The summed E-state index contributed by atoms with van der Waals surface area (Å²) in [6.45, 7) is 2.43. The fraction of sp³-hybridized carbons (Fsp3) is 0.700. The number of carbonyl (C=O) groups is 2. The molecular weight excluding hydrogens is 226 g/mol. The van der Waals surface area contributed by atoms with Crippen LogP contribution in [0.25, 0.3) is 0 Å². The molecule has 0 bridgehead atoms. The zero-order valence-corrected chi connectivity index (χ0v) is 10.0. The number of amidine groups is 1. The Morgan fingerprint density at radius 2 is 2.35 bits per heavy atom. The fourth-order valence-electron chi connectivity index (χ4n) is 1.46. The number of methoxy groups -OCH3 is 1. The largest absolute Gasteiger partial charge is 0.465 e. The van der Waals surface area contributed by atoms with Gasteiger partial charge in [-0.05, 0) is 6.92 Å². The molecule has 0 spiro atoms. The summed E-state index contributed by atoms with van der Waals surface area (Å²) >= 11 is 0. The van der Waals surface area contributed by atoms with Crippen LogP contribution < -0.4 is 5.84 Å². The highest BCUT2D eigenvalue weighted by atomic mass is 16.5. The second kappa shape index (κ2) is 6.31. The first kappa shape index (κ1) is 13.6. The van der Waals surface area contributed by atoms with Crippen LogP contribution in [0.5, 0.6) is 0 Å². The minimum atomic E-state index is -0.925. The van der Waals surface area contributed by atoms with Crippen molar-refractivity contribution in [3.05, 3.63) is 0 Å². The molecule has 1 amide bonds. The number of carbonyl (C=O) groups excluding carboxylic acids is 2. The van der Waals surface area contributed by atoms with E-state index in [-0.39, 0.29) is 13.2 Å². The highest BCUT2D eigenvalue weighted by Crippen LogP contribution is 2.12. The summed E-state index contributed by atoms with van der Waals surface area (Å²) in [5, 5.41) is 1.29.